The van der Waals surface area contributed by atoms with Crippen LogP contribution in [0.2, 0.25) is 0 Å². The second-order valence-electron chi connectivity index (χ2n) is 6.86. The second kappa shape index (κ2) is 8.21. The first-order valence-corrected chi connectivity index (χ1v) is 9.79. The zero-order valence-electron chi connectivity index (χ0n) is 15.7. The van der Waals surface area contributed by atoms with E-state index in [1.54, 1.807) is 0 Å². The van der Waals surface area contributed by atoms with Crippen molar-refractivity contribution in [2.24, 2.45) is 0 Å². The third-order valence-electron chi connectivity index (χ3n) is 4.47. The van der Waals surface area contributed by atoms with Crippen LogP contribution in [0.25, 0.3) is 11.1 Å². The van der Waals surface area contributed by atoms with Gasteiger partial charge in [-0.2, -0.15) is 0 Å². The highest BCUT2D eigenvalue weighted by atomic mass is 79.9. The molecule has 6 heteroatoms. The van der Waals surface area contributed by atoms with E-state index in [0.717, 1.165) is 53.7 Å². The number of benzene rings is 1. The molecule has 142 valence electrons. The molecule has 2 aromatic rings. The second-order valence-corrected chi connectivity index (χ2v) is 7.65. The number of hydrogen-bond acceptors (Lipinski definition) is 5. The van der Waals surface area contributed by atoms with Crippen LogP contribution in [-0.4, -0.2) is 30.0 Å². The molecule has 0 radical (unpaired) electrons. The Hall–Kier alpha value is -2.21. The molecule has 0 saturated heterocycles. The van der Waals surface area contributed by atoms with Gasteiger partial charge in [-0.05, 0) is 78.4 Å². The number of nitrogens with zero attached hydrogens (tertiary/aromatic N) is 1. The number of carbonyl (C=O) groups excluding carboxylic acids is 2. The van der Waals surface area contributed by atoms with E-state index < -0.39 is 0 Å². The fraction of sp³-hybridized carbons (Fsp3) is 0.381. The molecule has 1 aliphatic heterocycles. The number of rotatable bonds is 5. The smallest absolute Gasteiger partial charge is 0.310 e. The van der Waals surface area contributed by atoms with Gasteiger partial charge in [0.25, 0.3) is 0 Å². The van der Waals surface area contributed by atoms with Gasteiger partial charge in [-0.25, -0.2) is 4.98 Å². The first kappa shape index (κ1) is 19.5. The van der Waals surface area contributed by atoms with Crippen LogP contribution >= 0.6 is 15.9 Å². The highest BCUT2D eigenvalue weighted by Crippen LogP contribution is 2.38. The molecule has 2 heterocycles. The molecule has 0 bridgehead atoms. The van der Waals surface area contributed by atoms with Gasteiger partial charge in [0, 0.05) is 11.3 Å². The van der Waals surface area contributed by atoms with Gasteiger partial charge in [0.2, 0.25) is 0 Å². The van der Waals surface area contributed by atoms with Gasteiger partial charge in [0.1, 0.15) is 11.4 Å². The van der Waals surface area contributed by atoms with Crippen molar-refractivity contribution >= 4 is 28.2 Å². The number of ether oxygens (including phenoxy) is 2. The Morgan fingerprint density at radius 3 is 2.89 bits per heavy atom. The lowest BCUT2D eigenvalue weighted by atomic mass is 9.93. The van der Waals surface area contributed by atoms with E-state index in [0.29, 0.717) is 15.9 Å². The highest BCUT2D eigenvalue weighted by Gasteiger charge is 2.22. The summed E-state index contributed by atoms with van der Waals surface area (Å²) in [5.41, 5.74) is 4.58. The third kappa shape index (κ3) is 4.21. The molecule has 0 aliphatic carbocycles. The monoisotopic (exact) mass is 431 g/mol. The van der Waals surface area contributed by atoms with Crippen LogP contribution in [0.3, 0.4) is 0 Å². The molecule has 3 rings (SSSR count). The molecule has 27 heavy (non-hydrogen) atoms. The van der Waals surface area contributed by atoms with E-state index in [4.69, 9.17) is 9.47 Å². The van der Waals surface area contributed by atoms with Crippen LogP contribution in [0.4, 0.5) is 0 Å². The van der Waals surface area contributed by atoms with Crippen molar-refractivity contribution in [3.05, 3.63) is 45.2 Å². The Labute approximate surface area is 167 Å². The summed E-state index contributed by atoms with van der Waals surface area (Å²) in [6.07, 6.45) is 2.54. The summed E-state index contributed by atoms with van der Waals surface area (Å²) in [6.45, 7) is 6.17. The van der Waals surface area contributed by atoms with Gasteiger partial charge < -0.3 is 9.47 Å². The molecule has 0 fully saturated rings. The zero-order valence-corrected chi connectivity index (χ0v) is 17.3. The largest absolute Gasteiger partial charge is 0.493 e. The fourth-order valence-electron chi connectivity index (χ4n) is 3.30. The maximum absolute atomic E-state index is 12.3. The zero-order chi connectivity index (χ0) is 19.6. The first-order valence-electron chi connectivity index (χ1n) is 9.00. The van der Waals surface area contributed by atoms with Crippen LogP contribution in [0.1, 0.15) is 47.6 Å². The van der Waals surface area contributed by atoms with Crippen molar-refractivity contribution in [2.75, 3.05) is 6.61 Å². The summed E-state index contributed by atoms with van der Waals surface area (Å²) in [5.74, 6) is 0.575. The van der Waals surface area contributed by atoms with Crippen LogP contribution in [-0.2, 0) is 22.4 Å². The van der Waals surface area contributed by atoms with Crippen molar-refractivity contribution in [3.63, 3.8) is 0 Å². The number of pyridine rings is 1. The molecule has 5 nitrogen and oxygen atoms in total. The third-order valence-corrected chi connectivity index (χ3v) is 5.27. The molecule has 0 spiro atoms. The van der Waals surface area contributed by atoms with Crippen LogP contribution in [0.5, 0.6) is 5.75 Å². The number of esters is 1. The summed E-state index contributed by atoms with van der Waals surface area (Å²) in [4.78, 5) is 28.1. The SMILES string of the molecule is Cc1nc(C=O)c(Br)c(-c2ccc3c(c2)CCCO3)c1CC(=O)OC(C)C. The molecule has 0 N–H and O–H groups in total. The summed E-state index contributed by atoms with van der Waals surface area (Å²) < 4.78 is 11.6. The number of carbonyl (C=O) groups is 2. The maximum atomic E-state index is 12.3. The van der Waals surface area contributed by atoms with Crippen molar-refractivity contribution in [2.45, 2.75) is 46.1 Å². The quantitative estimate of drug-likeness (QED) is 0.516. The minimum atomic E-state index is -0.316. The molecule has 0 atom stereocenters. The van der Waals surface area contributed by atoms with Gasteiger partial charge >= 0.3 is 5.97 Å². The van der Waals surface area contributed by atoms with Gasteiger partial charge in [0.15, 0.2) is 6.29 Å². The number of fused-ring (bicyclic) bond motifs is 1. The van der Waals surface area contributed by atoms with Gasteiger partial charge in [-0.15, -0.1) is 0 Å². The van der Waals surface area contributed by atoms with E-state index in [9.17, 15) is 9.59 Å². The molecular formula is C21H22BrNO4. The summed E-state index contributed by atoms with van der Waals surface area (Å²) in [6, 6.07) is 5.97. The van der Waals surface area contributed by atoms with Gasteiger partial charge in [-0.3, -0.25) is 9.59 Å². The summed E-state index contributed by atoms with van der Waals surface area (Å²) in [5, 5.41) is 0. The van der Waals surface area contributed by atoms with E-state index in [1.807, 2.05) is 32.9 Å². The van der Waals surface area contributed by atoms with E-state index in [2.05, 4.69) is 27.0 Å². The summed E-state index contributed by atoms with van der Waals surface area (Å²) in [7, 11) is 0. The average Bonchev–Trinajstić information content (AvgIpc) is 2.63. The standard InChI is InChI=1S/C21H22BrNO4/c1-12(2)27-19(25)10-16-13(3)23-17(11-24)21(22)20(16)15-6-7-18-14(9-15)5-4-8-26-18/h6-7,9,11-12H,4-5,8,10H2,1-3H3. The normalized spacial score (nSPS) is 13.1. The molecule has 0 amide bonds. The Morgan fingerprint density at radius 1 is 1.41 bits per heavy atom. The maximum Gasteiger partial charge on any atom is 0.310 e. The molecule has 0 unspecified atom stereocenters. The minimum Gasteiger partial charge on any atom is -0.493 e. The molecular weight excluding hydrogens is 410 g/mol. The lowest BCUT2D eigenvalue weighted by Gasteiger charge is -2.20. The highest BCUT2D eigenvalue weighted by molar-refractivity contribution is 9.10. The molecule has 1 aromatic heterocycles. The number of aldehydes is 1. The molecule has 1 aliphatic rings. The Balaban J connectivity index is 2.13. The molecule has 0 saturated carbocycles. The van der Waals surface area contributed by atoms with Crippen LogP contribution in [0, 0.1) is 6.92 Å². The van der Waals surface area contributed by atoms with Crippen LogP contribution in [0.15, 0.2) is 22.7 Å². The number of hydrogen-bond donors (Lipinski definition) is 0. The lowest BCUT2D eigenvalue weighted by Crippen LogP contribution is -2.16. The van der Waals surface area contributed by atoms with Crippen molar-refractivity contribution < 1.29 is 19.1 Å². The first-order chi connectivity index (χ1) is 12.9. The minimum absolute atomic E-state index is 0.0949. The Bertz CT molecular complexity index is 892. The number of halogens is 1. The predicted octanol–water partition coefficient (Wildman–Crippen LogP) is 4.45. The fourth-order valence-corrected chi connectivity index (χ4v) is 3.95. The van der Waals surface area contributed by atoms with Crippen molar-refractivity contribution in [1.82, 2.24) is 4.98 Å². The van der Waals surface area contributed by atoms with E-state index >= 15 is 0 Å². The predicted molar refractivity (Wildman–Crippen MR) is 106 cm³/mol. The Morgan fingerprint density at radius 2 is 2.19 bits per heavy atom. The van der Waals surface area contributed by atoms with Gasteiger partial charge in [0.05, 0.1) is 23.6 Å². The average molecular weight is 432 g/mol. The number of aromatic nitrogens is 1. The van der Waals surface area contributed by atoms with E-state index in [-0.39, 0.29) is 18.5 Å². The van der Waals surface area contributed by atoms with E-state index in [1.165, 1.54) is 0 Å². The van der Waals surface area contributed by atoms with Crippen molar-refractivity contribution in [3.8, 4) is 16.9 Å². The number of aryl methyl sites for hydroxylation is 2. The Kier molecular flexibility index (Phi) is 5.95. The molecule has 1 aromatic carbocycles. The van der Waals surface area contributed by atoms with Crippen LogP contribution < -0.4 is 4.74 Å². The summed E-state index contributed by atoms with van der Waals surface area (Å²) >= 11 is 3.52. The van der Waals surface area contributed by atoms with Crippen molar-refractivity contribution in [1.29, 1.82) is 0 Å². The van der Waals surface area contributed by atoms with Gasteiger partial charge in [-0.1, -0.05) is 6.07 Å². The topological polar surface area (TPSA) is 65.5 Å². The lowest BCUT2D eigenvalue weighted by molar-refractivity contribution is -0.146.